The van der Waals surface area contributed by atoms with Crippen LogP contribution in [0.5, 0.6) is 0 Å². The van der Waals surface area contributed by atoms with E-state index in [1.165, 1.54) is 16.7 Å². The predicted molar refractivity (Wildman–Crippen MR) is 138 cm³/mol. The van der Waals surface area contributed by atoms with E-state index in [2.05, 4.69) is 71.1 Å². The first kappa shape index (κ1) is 25.9. The highest BCUT2D eigenvalue weighted by atomic mass is 16.2. The lowest BCUT2D eigenvalue weighted by Gasteiger charge is -2.37. The second-order valence-corrected chi connectivity index (χ2v) is 10.4. The van der Waals surface area contributed by atoms with Crippen molar-refractivity contribution in [2.45, 2.75) is 52.2 Å². The zero-order valence-corrected chi connectivity index (χ0v) is 21.3. The van der Waals surface area contributed by atoms with Gasteiger partial charge in [-0.1, -0.05) is 75.4 Å². The highest BCUT2D eigenvalue weighted by molar-refractivity contribution is 5.89. The number of carbonyl (C=O) groups is 2. The van der Waals surface area contributed by atoms with Gasteiger partial charge in [-0.3, -0.25) is 9.59 Å². The van der Waals surface area contributed by atoms with Gasteiger partial charge in [-0.25, -0.2) is 0 Å². The van der Waals surface area contributed by atoms with E-state index in [0.29, 0.717) is 0 Å². The van der Waals surface area contributed by atoms with Gasteiger partial charge in [0, 0.05) is 25.7 Å². The monoisotopic (exact) mass is 464 g/mol. The van der Waals surface area contributed by atoms with Crippen molar-refractivity contribution < 1.29 is 9.59 Å². The molecular weight excluding hydrogens is 424 g/mol. The molecule has 2 aromatic rings. The number of benzene rings is 2. The lowest BCUT2D eigenvalue weighted by Crippen LogP contribution is -2.57. The maximum Gasteiger partial charge on any atom is 0.245 e. The summed E-state index contributed by atoms with van der Waals surface area (Å²) < 4.78 is 0. The summed E-state index contributed by atoms with van der Waals surface area (Å²) in [5.74, 6) is -0.126. The summed E-state index contributed by atoms with van der Waals surface area (Å²) in [6.07, 6.45) is 1.98. The van der Waals surface area contributed by atoms with Crippen LogP contribution in [0.1, 0.15) is 39.2 Å². The number of amides is 2. The molecule has 0 radical (unpaired) electrons. The maximum absolute atomic E-state index is 13.6. The molecule has 0 aromatic heterocycles. The van der Waals surface area contributed by atoms with E-state index in [1.807, 2.05) is 31.7 Å². The third-order valence-electron chi connectivity index (χ3n) is 6.48. The van der Waals surface area contributed by atoms with Gasteiger partial charge in [0.25, 0.3) is 0 Å². The highest BCUT2D eigenvalue weighted by Crippen LogP contribution is 2.28. The van der Waals surface area contributed by atoms with Gasteiger partial charge in [0.05, 0.1) is 6.54 Å². The Bertz CT molecular complexity index is 954. The van der Waals surface area contributed by atoms with Crippen molar-refractivity contribution in [3.8, 4) is 11.1 Å². The quantitative estimate of drug-likeness (QED) is 0.596. The van der Waals surface area contributed by atoms with Gasteiger partial charge in [0.1, 0.15) is 6.04 Å². The lowest BCUT2D eigenvalue weighted by molar-refractivity contribution is -0.140. The average Bonchev–Trinajstić information content (AvgIpc) is 3.25. The SMILES string of the molecule is CNCC(=O)NC(C(=O)N1CCCC1CN(C)Cc1ccccc1-c1ccccc1)C(C)(C)C. The molecule has 1 aliphatic rings. The Labute approximate surface area is 204 Å². The molecule has 2 unspecified atom stereocenters. The third-order valence-corrected chi connectivity index (χ3v) is 6.48. The van der Waals surface area contributed by atoms with Crippen molar-refractivity contribution in [1.82, 2.24) is 20.4 Å². The summed E-state index contributed by atoms with van der Waals surface area (Å²) in [6.45, 7) is 8.58. The molecule has 2 atom stereocenters. The Balaban J connectivity index is 1.70. The van der Waals surface area contributed by atoms with Crippen LogP contribution < -0.4 is 10.6 Å². The molecule has 0 bridgehead atoms. The van der Waals surface area contributed by atoms with Crippen LogP contribution in [0.25, 0.3) is 11.1 Å². The zero-order valence-electron chi connectivity index (χ0n) is 21.3. The molecule has 6 heteroatoms. The molecule has 0 saturated carbocycles. The molecule has 1 fully saturated rings. The first-order valence-electron chi connectivity index (χ1n) is 12.3. The van der Waals surface area contributed by atoms with Gasteiger partial charge in [0.15, 0.2) is 0 Å². The number of nitrogens with zero attached hydrogens (tertiary/aromatic N) is 2. The van der Waals surface area contributed by atoms with E-state index in [1.54, 1.807) is 7.05 Å². The van der Waals surface area contributed by atoms with Gasteiger partial charge in [-0.2, -0.15) is 0 Å². The van der Waals surface area contributed by atoms with Crippen LogP contribution in [0.2, 0.25) is 0 Å². The number of hydrogen-bond acceptors (Lipinski definition) is 4. The van der Waals surface area contributed by atoms with E-state index in [9.17, 15) is 9.59 Å². The molecule has 0 spiro atoms. The molecule has 2 amide bonds. The number of likely N-dealkylation sites (tertiary alicyclic amines) is 1. The van der Waals surface area contributed by atoms with Crippen molar-refractivity contribution in [1.29, 1.82) is 0 Å². The zero-order chi connectivity index (χ0) is 24.7. The minimum absolute atomic E-state index is 0.0255. The molecular formula is C28H40N4O2. The second kappa shape index (κ2) is 11.6. The summed E-state index contributed by atoms with van der Waals surface area (Å²) in [6, 6.07) is 18.6. The first-order chi connectivity index (χ1) is 16.2. The molecule has 0 aliphatic carbocycles. The van der Waals surface area contributed by atoms with E-state index < -0.39 is 6.04 Å². The largest absolute Gasteiger partial charge is 0.343 e. The Morgan fingerprint density at radius 2 is 1.76 bits per heavy atom. The lowest BCUT2D eigenvalue weighted by atomic mass is 9.85. The van der Waals surface area contributed by atoms with E-state index in [4.69, 9.17) is 0 Å². The molecule has 34 heavy (non-hydrogen) atoms. The Kier molecular flexibility index (Phi) is 8.86. The van der Waals surface area contributed by atoms with E-state index >= 15 is 0 Å². The maximum atomic E-state index is 13.6. The summed E-state index contributed by atoms with van der Waals surface area (Å²) in [7, 11) is 3.86. The molecule has 3 rings (SSSR count). The molecule has 1 heterocycles. The van der Waals surface area contributed by atoms with Crippen molar-refractivity contribution in [2.75, 3.05) is 33.7 Å². The Hall–Kier alpha value is -2.70. The molecule has 1 saturated heterocycles. The fourth-order valence-corrected chi connectivity index (χ4v) is 4.78. The number of hydrogen-bond donors (Lipinski definition) is 2. The number of nitrogens with one attached hydrogen (secondary N) is 2. The van der Waals surface area contributed by atoms with Gasteiger partial charge < -0.3 is 20.4 Å². The van der Waals surface area contributed by atoms with Crippen LogP contribution in [0.3, 0.4) is 0 Å². The third kappa shape index (κ3) is 6.67. The van der Waals surface area contributed by atoms with Gasteiger partial charge in [-0.05, 0) is 49.0 Å². The van der Waals surface area contributed by atoms with Crippen LogP contribution in [0.4, 0.5) is 0 Å². The Morgan fingerprint density at radius 1 is 1.09 bits per heavy atom. The molecule has 2 aromatic carbocycles. The first-order valence-corrected chi connectivity index (χ1v) is 12.3. The minimum atomic E-state index is -0.543. The van der Waals surface area contributed by atoms with Crippen molar-refractivity contribution >= 4 is 11.8 Å². The standard InChI is InChI=1S/C28H40N4O2/c1-28(2,3)26(30-25(33)18-29-4)27(34)32-17-11-15-23(32)20-31(5)19-22-14-9-10-16-24(22)21-12-7-6-8-13-21/h6-10,12-14,16,23,26,29H,11,15,17-20H2,1-5H3,(H,30,33). The van der Waals surface area contributed by atoms with Crippen LogP contribution in [0.15, 0.2) is 54.6 Å². The van der Waals surface area contributed by atoms with Gasteiger partial charge in [-0.15, -0.1) is 0 Å². The fourth-order valence-electron chi connectivity index (χ4n) is 4.78. The van der Waals surface area contributed by atoms with Gasteiger partial charge in [0.2, 0.25) is 11.8 Å². The minimum Gasteiger partial charge on any atom is -0.343 e. The van der Waals surface area contributed by atoms with Crippen LogP contribution >= 0.6 is 0 Å². The van der Waals surface area contributed by atoms with Gasteiger partial charge >= 0.3 is 0 Å². The highest BCUT2D eigenvalue weighted by Gasteiger charge is 2.39. The summed E-state index contributed by atoms with van der Waals surface area (Å²) in [5, 5.41) is 5.83. The molecule has 2 N–H and O–H groups in total. The fraction of sp³-hybridized carbons (Fsp3) is 0.500. The van der Waals surface area contributed by atoms with Crippen LogP contribution in [-0.2, 0) is 16.1 Å². The van der Waals surface area contributed by atoms with Crippen molar-refractivity contribution in [3.05, 3.63) is 60.2 Å². The summed E-state index contributed by atoms with van der Waals surface area (Å²) in [4.78, 5) is 30.2. The topological polar surface area (TPSA) is 64.7 Å². The van der Waals surface area contributed by atoms with E-state index in [-0.39, 0.29) is 29.8 Å². The van der Waals surface area contributed by atoms with Crippen LogP contribution in [-0.4, -0.2) is 67.4 Å². The predicted octanol–water partition coefficient (Wildman–Crippen LogP) is 3.53. The van der Waals surface area contributed by atoms with Crippen molar-refractivity contribution in [3.63, 3.8) is 0 Å². The summed E-state index contributed by atoms with van der Waals surface area (Å²) in [5.41, 5.74) is 3.37. The average molecular weight is 465 g/mol. The normalized spacial score (nSPS) is 17.1. The number of rotatable bonds is 9. The van der Waals surface area contributed by atoms with E-state index in [0.717, 1.165) is 32.5 Å². The smallest absolute Gasteiger partial charge is 0.245 e. The Morgan fingerprint density at radius 3 is 2.44 bits per heavy atom. The molecule has 1 aliphatic heterocycles. The number of carbonyl (C=O) groups excluding carboxylic acids is 2. The van der Waals surface area contributed by atoms with Crippen molar-refractivity contribution in [2.24, 2.45) is 5.41 Å². The van der Waals surface area contributed by atoms with Crippen LogP contribution in [0, 0.1) is 5.41 Å². The second-order valence-electron chi connectivity index (χ2n) is 10.4. The molecule has 6 nitrogen and oxygen atoms in total. The summed E-state index contributed by atoms with van der Waals surface area (Å²) >= 11 is 0. The number of likely N-dealkylation sites (N-methyl/N-ethyl adjacent to an activating group) is 2. The molecule has 184 valence electrons.